The molecule has 110 valence electrons. The number of nitrogens with one attached hydrogen (secondary N) is 1. The van der Waals surface area contributed by atoms with Crippen molar-refractivity contribution in [1.82, 2.24) is 0 Å². The van der Waals surface area contributed by atoms with E-state index in [0.29, 0.717) is 0 Å². The van der Waals surface area contributed by atoms with Crippen LogP contribution in [0.4, 0.5) is 11.4 Å². The monoisotopic (exact) mass is 346 g/mol. The predicted octanol–water partition coefficient (Wildman–Crippen LogP) is 3.70. The van der Waals surface area contributed by atoms with E-state index in [1.165, 1.54) is 42.5 Å². The molecule has 0 aliphatic carbocycles. The molecule has 0 fully saturated rings. The number of nitro groups is 1. The van der Waals surface area contributed by atoms with E-state index in [1.807, 2.05) is 0 Å². The smallest absolute Gasteiger partial charge is 0.269 e. The number of nitrogens with zero attached hydrogens (tertiary/aromatic N) is 1. The molecule has 0 aromatic heterocycles. The van der Waals surface area contributed by atoms with Crippen molar-refractivity contribution in [3.05, 3.63) is 62.6 Å². The average Bonchev–Trinajstić information content (AvgIpc) is 2.38. The molecule has 0 amide bonds. The molecule has 9 heteroatoms. The number of halogens is 2. The summed E-state index contributed by atoms with van der Waals surface area (Å²) in [5.41, 5.74) is 0.0188. The Morgan fingerprint density at radius 3 is 2.00 bits per heavy atom. The summed E-state index contributed by atoms with van der Waals surface area (Å²) in [6.45, 7) is 0. The van der Waals surface area contributed by atoms with Crippen LogP contribution in [0.15, 0.2) is 47.4 Å². The van der Waals surface area contributed by atoms with Crippen molar-refractivity contribution in [3.63, 3.8) is 0 Å². The molecule has 0 saturated heterocycles. The maximum Gasteiger partial charge on any atom is 0.269 e. The van der Waals surface area contributed by atoms with E-state index in [0.717, 1.165) is 0 Å². The number of benzene rings is 2. The van der Waals surface area contributed by atoms with Gasteiger partial charge in [-0.1, -0.05) is 29.3 Å². The van der Waals surface area contributed by atoms with Crippen LogP contribution in [0.3, 0.4) is 0 Å². The molecule has 0 saturated carbocycles. The molecule has 0 heterocycles. The van der Waals surface area contributed by atoms with Crippen LogP contribution in [0.25, 0.3) is 0 Å². The number of rotatable bonds is 4. The van der Waals surface area contributed by atoms with Gasteiger partial charge in [0.25, 0.3) is 15.7 Å². The fourth-order valence-corrected chi connectivity index (χ4v) is 3.80. The second-order valence-electron chi connectivity index (χ2n) is 3.96. The lowest BCUT2D eigenvalue weighted by atomic mass is 10.3. The molecule has 2 aromatic carbocycles. The number of sulfonamides is 1. The van der Waals surface area contributed by atoms with Crippen LogP contribution in [0.5, 0.6) is 0 Å². The Morgan fingerprint density at radius 2 is 1.52 bits per heavy atom. The molecule has 21 heavy (non-hydrogen) atoms. The third-order valence-electron chi connectivity index (χ3n) is 2.52. The van der Waals surface area contributed by atoms with Crippen molar-refractivity contribution < 1.29 is 13.3 Å². The normalized spacial score (nSPS) is 11.1. The Morgan fingerprint density at radius 1 is 1.00 bits per heavy atom. The zero-order valence-electron chi connectivity index (χ0n) is 10.3. The Bertz CT molecular complexity index is 771. The van der Waals surface area contributed by atoms with E-state index in [9.17, 15) is 18.5 Å². The van der Waals surface area contributed by atoms with Crippen molar-refractivity contribution in [1.29, 1.82) is 0 Å². The summed E-state index contributed by atoms with van der Waals surface area (Å²) in [5, 5.41) is 10.5. The minimum Gasteiger partial charge on any atom is -0.280 e. The minimum atomic E-state index is -3.99. The van der Waals surface area contributed by atoms with Crippen LogP contribution >= 0.6 is 23.2 Å². The van der Waals surface area contributed by atoms with Gasteiger partial charge in [-0.2, -0.15) is 0 Å². The zero-order valence-corrected chi connectivity index (χ0v) is 12.6. The van der Waals surface area contributed by atoms with Gasteiger partial charge in [-0.3, -0.25) is 14.8 Å². The summed E-state index contributed by atoms with van der Waals surface area (Å²) in [7, 11) is -3.99. The standard InChI is InChI=1S/C12H8Cl2N2O4S/c13-10-2-1-3-11(14)12(10)21(19,20)15-8-4-6-9(7-5-8)16(17)18/h1-7,15H. The van der Waals surface area contributed by atoms with Crippen LogP contribution in [-0.4, -0.2) is 13.3 Å². The lowest BCUT2D eigenvalue weighted by molar-refractivity contribution is -0.384. The van der Waals surface area contributed by atoms with Crippen molar-refractivity contribution in [2.75, 3.05) is 4.72 Å². The van der Waals surface area contributed by atoms with Crippen LogP contribution < -0.4 is 4.72 Å². The highest BCUT2D eigenvalue weighted by Gasteiger charge is 2.21. The largest absolute Gasteiger partial charge is 0.280 e. The predicted molar refractivity (Wildman–Crippen MR) is 80.4 cm³/mol. The Balaban J connectivity index is 2.35. The summed E-state index contributed by atoms with van der Waals surface area (Å²) < 4.78 is 26.8. The highest BCUT2D eigenvalue weighted by Crippen LogP contribution is 2.30. The van der Waals surface area contributed by atoms with Crippen molar-refractivity contribution in [2.45, 2.75) is 4.90 Å². The van der Waals surface area contributed by atoms with Gasteiger partial charge in [-0.05, 0) is 24.3 Å². The molecular formula is C12H8Cl2N2O4S. The molecule has 0 unspecified atom stereocenters. The van der Waals surface area contributed by atoms with E-state index in [1.54, 1.807) is 0 Å². The van der Waals surface area contributed by atoms with Crippen molar-refractivity contribution in [3.8, 4) is 0 Å². The van der Waals surface area contributed by atoms with Crippen molar-refractivity contribution in [2.24, 2.45) is 0 Å². The van der Waals surface area contributed by atoms with E-state index in [4.69, 9.17) is 23.2 Å². The van der Waals surface area contributed by atoms with Gasteiger partial charge in [0, 0.05) is 17.8 Å². The van der Waals surface area contributed by atoms with Gasteiger partial charge >= 0.3 is 0 Å². The number of non-ortho nitro benzene ring substituents is 1. The summed E-state index contributed by atoms with van der Waals surface area (Å²) >= 11 is 11.7. The molecule has 2 aromatic rings. The third kappa shape index (κ3) is 3.44. The maximum absolute atomic E-state index is 12.2. The highest BCUT2D eigenvalue weighted by atomic mass is 35.5. The van der Waals surface area contributed by atoms with Gasteiger partial charge in [-0.15, -0.1) is 0 Å². The Kier molecular flexibility index (Phi) is 4.36. The second-order valence-corrected chi connectivity index (χ2v) is 6.39. The summed E-state index contributed by atoms with van der Waals surface area (Å²) in [6, 6.07) is 9.25. The molecule has 6 nitrogen and oxygen atoms in total. The molecule has 0 bridgehead atoms. The molecule has 0 atom stereocenters. The van der Waals surface area contributed by atoms with E-state index in [-0.39, 0.29) is 26.3 Å². The number of anilines is 1. The number of hydrogen-bond donors (Lipinski definition) is 1. The Labute approximate surface area is 130 Å². The second kappa shape index (κ2) is 5.88. The topological polar surface area (TPSA) is 89.3 Å². The molecular weight excluding hydrogens is 339 g/mol. The first kappa shape index (κ1) is 15.6. The van der Waals surface area contributed by atoms with Gasteiger partial charge in [0.15, 0.2) is 0 Å². The summed E-state index contributed by atoms with van der Waals surface area (Å²) in [6.07, 6.45) is 0. The first-order valence-corrected chi connectivity index (χ1v) is 7.76. The summed E-state index contributed by atoms with van der Waals surface area (Å²) in [4.78, 5) is 9.72. The average molecular weight is 347 g/mol. The quantitative estimate of drug-likeness (QED) is 0.674. The summed E-state index contributed by atoms with van der Waals surface area (Å²) in [5.74, 6) is 0. The van der Waals surface area contributed by atoms with Gasteiger partial charge in [0.1, 0.15) is 4.90 Å². The number of nitro benzene ring substituents is 1. The molecule has 2 rings (SSSR count). The minimum absolute atomic E-state index is 0.0167. The zero-order chi connectivity index (χ0) is 15.6. The molecule has 0 aliphatic rings. The SMILES string of the molecule is O=[N+]([O-])c1ccc(NS(=O)(=O)c2c(Cl)cccc2Cl)cc1. The van der Waals surface area contributed by atoms with Gasteiger partial charge in [0.2, 0.25) is 0 Å². The van der Waals surface area contributed by atoms with Gasteiger partial charge < -0.3 is 0 Å². The van der Waals surface area contributed by atoms with Crippen LogP contribution in [0.1, 0.15) is 0 Å². The fourth-order valence-electron chi connectivity index (χ4n) is 1.60. The van der Waals surface area contributed by atoms with E-state index < -0.39 is 14.9 Å². The molecule has 1 N–H and O–H groups in total. The van der Waals surface area contributed by atoms with Crippen molar-refractivity contribution >= 4 is 44.6 Å². The van der Waals surface area contributed by atoms with Gasteiger partial charge in [0.05, 0.1) is 15.0 Å². The Hall–Kier alpha value is -1.83. The van der Waals surface area contributed by atoms with Gasteiger partial charge in [-0.25, -0.2) is 8.42 Å². The lowest BCUT2D eigenvalue weighted by Crippen LogP contribution is -2.14. The highest BCUT2D eigenvalue weighted by molar-refractivity contribution is 7.93. The van der Waals surface area contributed by atoms with E-state index in [2.05, 4.69) is 4.72 Å². The van der Waals surface area contributed by atoms with Crippen LogP contribution in [-0.2, 0) is 10.0 Å². The fraction of sp³-hybridized carbons (Fsp3) is 0. The maximum atomic E-state index is 12.2. The van der Waals surface area contributed by atoms with E-state index >= 15 is 0 Å². The number of hydrogen-bond acceptors (Lipinski definition) is 4. The van der Waals surface area contributed by atoms with Crippen LogP contribution in [0, 0.1) is 10.1 Å². The molecule has 0 radical (unpaired) electrons. The lowest BCUT2D eigenvalue weighted by Gasteiger charge is -2.10. The first-order valence-electron chi connectivity index (χ1n) is 5.52. The molecule has 0 aliphatic heterocycles. The first-order chi connectivity index (χ1) is 9.81. The third-order valence-corrected chi connectivity index (χ3v) is 4.85. The van der Waals surface area contributed by atoms with Crippen LogP contribution in [0.2, 0.25) is 10.0 Å². The molecule has 0 spiro atoms.